The van der Waals surface area contributed by atoms with Crippen molar-refractivity contribution in [3.05, 3.63) is 62.4 Å². The van der Waals surface area contributed by atoms with Crippen molar-refractivity contribution in [1.29, 1.82) is 0 Å². The van der Waals surface area contributed by atoms with Crippen LogP contribution in [0.4, 0.5) is 0 Å². The monoisotopic (exact) mass is 555 g/mol. The van der Waals surface area contributed by atoms with Crippen LogP contribution in [0.3, 0.4) is 0 Å². The minimum absolute atomic E-state index is 0.0591. The van der Waals surface area contributed by atoms with Gasteiger partial charge in [-0.2, -0.15) is 0 Å². The van der Waals surface area contributed by atoms with E-state index >= 15 is 0 Å². The molecule has 0 bridgehead atoms. The fraction of sp³-hybridized carbons (Fsp3) is 0.645. The van der Waals surface area contributed by atoms with Gasteiger partial charge in [-0.05, 0) is 47.7 Å². The van der Waals surface area contributed by atoms with Crippen molar-refractivity contribution in [1.82, 2.24) is 14.5 Å². The second kappa shape index (κ2) is 12.4. The number of hydrogen-bond donors (Lipinski definition) is 1. The lowest BCUT2D eigenvalue weighted by atomic mass is 10.0. The van der Waals surface area contributed by atoms with Crippen molar-refractivity contribution in [3.63, 3.8) is 0 Å². The van der Waals surface area contributed by atoms with Crippen molar-refractivity contribution >= 4 is 19.9 Å². The van der Waals surface area contributed by atoms with Gasteiger partial charge in [0.05, 0.1) is 21.3 Å². The third-order valence-electron chi connectivity index (χ3n) is 7.91. The smallest absolute Gasteiger partial charge is 0.333 e. The molecule has 1 fully saturated rings. The summed E-state index contributed by atoms with van der Waals surface area (Å²) in [5.74, 6) is 0.302. The van der Waals surface area contributed by atoms with Crippen molar-refractivity contribution in [3.8, 4) is 0 Å². The molecule has 1 saturated heterocycles. The maximum absolute atomic E-state index is 13.2. The first-order chi connectivity index (χ1) is 18.1. The van der Waals surface area contributed by atoms with E-state index in [0.29, 0.717) is 30.9 Å². The molecule has 1 N–H and O–H groups in total. The van der Waals surface area contributed by atoms with Crippen molar-refractivity contribution in [2.75, 3.05) is 6.54 Å². The molecule has 0 spiro atoms. The third kappa shape index (κ3) is 7.60. The molecular formula is C31H49N3O4Si. The Kier molecular flexibility index (Phi) is 9.86. The SMILES string of the molecule is CC[C@H]1OC(n2cc(C)c(=O)n(CCCNC(=O)Cc3ccc([SiH](C(C)(C)C)C(C)(C)C)cc3)c2=O)C[C@@H]1C. The molecule has 1 aliphatic rings. The predicted molar refractivity (Wildman–Crippen MR) is 162 cm³/mol. The molecule has 3 atom stereocenters. The lowest BCUT2D eigenvalue weighted by Crippen LogP contribution is -2.45. The Hall–Kier alpha value is -2.45. The molecule has 0 radical (unpaired) electrons. The molecule has 1 aliphatic heterocycles. The van der Waals surface area contributed by atoms with Gasteiger partial charge >= 0.3 is 5.69 Å². The zero-order valence-corrected chi connectivity index (χ0v) is 26.6. The fourth-order valence-electron chi connectivity index (χ4n) is 6.54. The maximum Gasteiger partial charge on any atom is 0.333 e. The van der Waals surface area contributed by atoms with Crippen molar-refractivity contribution in [2.45, 2.75) is 117 Å². The summed E-state index contributed by atoms with van der Waals surface area (Å²) in [6, 6.07) is 8.58. The number of benzene rings is 1. The molecule has 1 amide bonds. The number of nitrogens with zero attached hydrogens (tertiary/aromatic N) is 2. The summed E-state index contributed by atoms with van der Waals surface area (Å²) in [5.41, 5.74) is 0.869. The van der Waals surface area contributed by atoms with Gasteiger partial charge in [-0.25, -0.2) is 4.79 Å². The quantitative estimate of drug-likeness (QED) is 0.367. The molecule has 216 valence electrons. The zero-order valence-electron chi connectivity index (χ0n) is 25.5. The summed E-state index contributed by atoms with van der Waals surface area (Å²) >= 11 is 0. The van der Waals surface area contributed by atoms with Crippen LogP contribution in [0.15, 0.2) is 40.1 Å². The number of aryl methyl sites for hydroxylation is 1. The molecule has 1 unspecified atom stereocenters. The molecular weight excluding hydrogens is 506 g/mol. The topological polar surface area (TPSA) is 82.3 Å². The Bertz CT molecular complexity index is 1240. The Morgan fingerprint density at radius 2 is 1.69 bits per heavy atom. The van der Waals surface area contributed by atoms with Gasteiger partial charge in [0.15, 0.2) is 0 Å². The minimum atomic E-state index is -1.27. The predicted octanol–water partition coefficient (Wildman–Crippen LogP) is 4.44. The zero-order chi connectivity index (χ0) is 29.1. The Morgan fingerprint density at radius 1 is 1.08 bits per heavy atom. The Balaban J connectivity index is 1.58. The third-order valence-corrected chi connectivity index (χ3v) is 12.4. The normalized spacial score (nSPS) is 20.0. The minimum Gasteiger partial charge on any atom is -0.356 e. The lowest BCUT2D eigenvalue weighted by Gasteiger charge is -2.39. The van der Waals surface area contributed by atoms with Crippen LogP contribution in [-0.2, 0) is 22.5 Å². The van der Waals surface area contributed by atoms with E-state index in [0.717, 1.165) is 18.4 Å². The molecule has 2 heterocycles. The van der Waals surface area contributed by atoms with Gasteiger partial charge in [-0.15, -0.1) is 0 Å². The van der Waals surface area contributed by atoms with E-state index in [-0.39, 0.29) is 46.1 Å². The number of aromatic nitrogens is 2. The van der Waals surface area contributed by atoms with E-state index in [4.69, 9.17) is 4.74 Å². The average Bonchev–Trinajstić information content (AvgIpc) is 3.20. The van der Waals surface area contributed by atoms with Crippen molar-refractivity contribution in [2.24, 2.45) is 5.92 Å². The molecule has 39 heavy (non-hydrogen) atoms. The fourth-order valence-corrected chi connectivity index (χ4v) is 11.7. The van der Waals surface area contributed by atoms with Gasteiger partial charge in [0.1, 0.15) is 6.23 Å². The van der Waals surface area contributed by atoms with Crippen LogP contribution >= 0.6 is 0 Å². The summed E-state index contributed by atoms with van der Waals surface area (Å²) in [5, 5.41) is 4.91. The van der Waals surface area contributed by atoms with Crippen LogP contribution in [0, 0.1) is 12.8 Å². The van der Waals surface area contributed by atoms with Gasteiger partial charge in [0.2, 0.25) is 5.91 Å². The summed E-state index contributed by atoms with van der Waals surface area (Å²) in [6.45, 7) is 20.6. The number of hydrogen-bond acceptors (Lipinski definition) is 4. The first kappa shape index (κ1) is 31.1. The molecule has 1 aromatic heterocycles. The van der Waals surface area contributed by atoms with E-state index < -0.39 is 8.80 Å². The van der Waals surface area contributed by atoms with Crippen LogP contribution in [-0.4, -0.2) is 36.5 Å². The largest absolute Gasteiger partial charge is 0.356 e. The van der Waals surface area contributed by atoms with Crippen LogP contribution in [0.25, 0.3) is 0 Å². The van der Waals surface area contributed by atoms with Gasteiger partial charge in [-0.1, -0.05) is 84.8 Å². The maximum atomic E-state index is 13.2. The number of nitrogens with one attached hydrogen (secondary N) is 1. The van der Waals surface area contributed by atoms with Crippen LogP contribution in [0.2, 0.25) is 10.1 Å². The number of ether oxygens (including phenoxy) is 1. The van der Waals surface area contributed by atoms with E-state index in [9.17, 15) is 14.4 Å². The number of carbonyl (C=O) groups excluding carboxylic acids is 1. The highest BCUT2D eigenvalue weighted by Crippen LogP contribution is 2.41. The van der Waals surface area contributed by atoms with Gasteiger partial charge in [0, 0.05) is 24.8 Å². The Morgan fingerprint density at radius 3 is 2.23 bits per heavy atom. The number of carbonyl (C=O) groups is 1. The van der Waals surface area contributed by atoms with Crippen LogP contribution in [0.5, 0.6) is 0 Å². The molecule has 0 aliphatic carbocycles. The highest BCUT2D eigenvalue weighted by atomic mass is 28.3. The number of amides is 1. The lowest BCUT2D eigenvalue weighted by molar-refractivity contribution is -0.120. The van der Waals surface area contributed by atoms with Gasteiger partial charge in [0.25, 0.3) is 5.56 Å². The number of rotatable bonds is 9. The highest BCUT2D eigenvalue weighted by molar-refractivity contribution is 6.78. The van der Waals surface area contributed by atoms with E-state index in [1.54, 1.807) is 17.7 Å². The van der Waals surface area contributed by atoms with Crippen LogP contribution in [0.1, 0.15) is 92.0 Å². The summed E-state index contributed by atoms with van der Waals surface area (Å²) in [4.78, 5) is 38.5. The van der Waals surface area contributed by atoms with Gasteiger partial charge < -0.3 is 10.1 Å². The highest BCUT2D eigenvalue weighted by Gasteiger charge is 2.37. The summed E-state index contributed by atoms with van der Waals surface area (Å²) < 4.78 is 8.94. The second-order valence-corrected chi connectivity index (χ2v) is 18.5. The molecule has 1 aromatic carbocycles. The average molecular weight is 556 g/mol. The van der Waals surface area contributed by atoms with E-state index in [1.165, 1.54) is 9.75 Å². The molecule has 7 nitrogen and oxygen atoms in total. The van der Waals surface area contributed by atoms with Gasteiger partial charge in [-0.3, -0.25) is 18.7 Å². The first-order valence-electron chi connectivity index (χ1n) is 14.5. The molecule has 8 heteroatoms. The van der Waals surface area contributed by atoms with E-state index in [1.807, 2.05) is 0 Å². The van der Waals surface area contributed by atoms with Crippen molar-refractivity contribution < 1.29 is 9.53 Å². The first-order valence-corrected chi connectivity index (χ1v) is 16.2. The molecule has 0 saturated carbocycles. The second-order valence-electron chi connectivity index (χ2n) is 13.5. The molecule has 2 aromatic rings. The standard InChI is InChI=1S/C31H49N3O4Si/c1-10-25-21(2)18-27(38-25)34-20-22(3)28(36)33(29(34)37)17-11-16-32-26(35)19-23-12-14-24(15-13-23)39(30(4,5)6)31(7,8)9/h12-15,20-21,25,27,39H,10-11,16-19H2,1-9H3,(H,32,35)/t21-,25+,27?/m0/s1. The molecule has 3 rings (SSSR count). The summed E-state index contributed by atoms with van der Waals surface area (Å²) in [6.07, 6.45) is 3.84. The Labute approximate surface area is 235 Å². The summed E-state index contributed by atoms with van der Waals surface area (Å²) in [7, 11) is -1.27. The van der Waals surface area contributed by atoms with Crippen LogP contribution < -0.4 is 21.8 Å². The van der Waals surface area contributed by atoms with E-state index in [2.05, 4.69) is 85.0 Å².